The van der Waals surface area contributed by atoms with Crippen molar-refractivity contribution in [3.05, 3.63) is 46.0 Å². The van der Waals surface area contributed by atoms with Gasteiger partial charge in [0.15, 0.2) is 0 Å². The Bertz CT molecular complexity index is 1020. The minimum absolute atomic E-state index is 0.108. The number of benzene rings is 1. The summed E-state index contributed by atoms with van der Waals surface area (Å²) in [5.41, 5.74) is -0.0836. The highest BCUT2D eigenvalue weighted by Gasteiger charge is 2.35. The van der Waals surface area contributed by atoms with Crippen molar-refractivity contribution >= 4 is 29.3 Å². The van der Waals surface area contributed by atoms with Crippen LogP contribution >= 0.6 is 0 Å². The average Bonchev–Trinajstić information content (AvgIpc) is 2.67. The lowest BCUT2D eigenvalue weighted by Gasteiger charge is -2.34. The normalized spacial score (nSPS) is 21.3. The van der Waals surface area contributed by atoms with E-state index >= 15 is 0 Å². The predicted molar refractivity (Wildman–Crippen MR) is 107 cm³/mol. The first-order chi connectivity index (χ1) is 13.9. The molecule has 3 heterocycles. The number of rotatable bonds is 3. The Balaban J connectivity index is 1.66. The molecule has 9 heteroatoms. The van der Waals surface area contributed by atoms with Gasteiger partial charge in [0.2, 0.25) is 17.8 Å². The summed E-state index contributed by atoms with van der Waals surface area (Å²) < 4.78 is 13.4. The number of carbonyl (C=O) groups excluding carboxylic acids is 2. The minimum Gasteiger partial charge on any atom is -0.340 e. The molecule has 4 rings (SSSR count). The molecule has 1 saturated heterocycles. The zero-order valence-corrected chi connectivity index (χ0v) is 16.0. The van der Waals surface area contributed by atoms with Crippen molar-refractivity contribution < 1.29 is 14.0 Å². The zero-order chi connectivity index (χ0) is 20.5. The maximum atomic E-state index is 13.4. The Morgan fingerprint density at radius 3 is 2.90 bits per heavy atom. The van der Waals surface area contributed by atoms with Crippen LogP contribution in [0.1, 0.15) is 44.1 Å². The lowest BCUT2D eigenvalue weighted by Crippen LogP contribution is -2.42. The van der Waals surface area contributed by atoms with Gasteiger partial charge in [-0.1, -0.05) is 6.07 Å². The van der Waals surface area contributed by atoms with Gasteiger partial charge in [0.1, 0.15) is 11.6 Å². The first-order valence-corrected chi connectivity index (χ1v) is 9.69. The molecule has 3 N–H and O–H groups in total. The fourth-order valence-corrected chi connectivity index (χ4v) is 3.93. The van der Waals surface area contributed by atoms with Crippen molar-refractivity contribution in [3.63, 3.8) is 0 Å². The summed E-state index contributed by atoms with van der Waals surface area (Å²) in [5, 5.41) is 5.19. The average molecular weight is 399 g/mol. The molecule has 2 aliphatic heterocycles. The van der Waals surface area contributed by atoms with Crippen molar-refractivity contribution in [3.8, 4) is 0 Å². The van der Waals surface area contributed by atoms with Gasteiger partial charge in [0.25, 0.3) is 5.56 Å². The van der Waals surface area contributed by atoms with Crippen LogP contribution in [-0.4, -0.2) is 34.4 Å². The third kappa shape index (κ3) is 3.85. The third-order valence-corrected chi connectivity index (χ3v) is 5.42. The van der Waals surface area contributed by atoms with Gasteiger partial charge in [-0.3, -0.25) is 19.4 Å². The second-order valence-electron chi connectivity index (χ2n) is 7.49. The number of aromatic amines is 1. The number of piperidine rings is 1. The number of H-pyrrole nitrogens is 1. The van der Waals surface area contributed by atoms with Crippen molar-refractivity contribution in [1.29, 1.82) is 0 Å². The SMILES string of the molecule is C[C@@H]1CCCCN1c1nc2c(c(=O)[nH]1)[C@H](C(=O)Nc1cccc(F)c1)CC(=O)N2. The van der Waals surface area contributed by atoms with Gasteiger partial charge in [-0.2, -0.15) is 4.98 Å². The number of nitrogens with one attached hydrogen (secondary N) is 3. The van der Waals surface area contributed by atoms with Crippen LogP contribution in [0.25, 0.3) is 0 Å². The van der Waals surface area contributed by atoms with Gasteiger partial charge in [0, 0.05) is 24.7 Å². The summed E-state index contributed by atoms with van der Waals surface area (Å²) in [6.45, 7) is 2.83. The number of fused-ring (bicyclic) bond motifs is 1. The number of carbonyl (C=O) groups is 2. The summed E-state index contributed by atoms with van der Waals surface area (Å²) in [4.78, 5) is 47.1. The molecule has 1 aromatic heterocycles. The molecule has 2 aromatic rings. The number of hydrogen-bond donors (Lipinski definition) is 3. The fourth-order valence-electron chi connectivity index (χ4n) is 3.93. The van der Waals surface area contributed by atoms with E-state index in [1.54, 1.807) is 0 Å². The molecule has 0 aliphatic carbocycles. The molecule has 8 nitrogen and oxygen atoms in total. The molecule has 0 spiro atoms. The third-order valence-electron chi connectivity index (χ3n) is 5.42. The number of amides is 2. The second kappa shape index (κ2) is 7.65. The Kier molecular flexibility index (Phi) is 5.04. The van der Waals surface area contributed by atoms with Gasteiger partial charge in [-0.05, 0) is 44.4 Å². The van der Waals surface area contributed by atoms with E-state index in [1.807, 2.05) is 4.90 Å². The van der Waals surface area contributed by atoms with Gasteiger partial charge in [0.05, 0.1) is 11.5 Å². The van der Waals surface area contributed by atoms with E-state index in [9.17, 15) is 18.8 Å². The summed E-state index contributed by atoms with van der Waals surface area (Å²) >= 11 is 0. The van der Waals surface area contributed by atoms with Crippen LogP contribution in [0.4, 0.5) is 21.8 Å². The molecule has 1 fully saturated rings. The van der Waals surface area contributed by atoms with E-state index in [1.165, 1.54) is 24.3 Å². The number of hydrogen-bond acceptors (Lipinski definition) is 5. The lowest BCUT2D eigenvalue weighted by atomic mass is 9.92. The standard InChI is InChI=1S/C20H22FN5O3/c1-11-5-2-3-8-26(11)20-24-17-16(19(29)25-20)14(10-15(27)23-17)18(28)22-13-7-4-6-12(21)9-13/h4,6-7,9,11,14H,2-3,5,8,10H2,1H3,(H,22,28)(H2,23,24,25,27,29)/t11-,14-/m1/s1. The van der Waals surface area contributed by atoms with E-state index < -0.39 is 29.1 Å². The summed E-state index contributed by atoms with van der Waals surface area (Å²) in [7, 11) is 0. The van der Waals surface area contributed by atoms with E-state index in [0.717, 1.165) is 25.8 Å². The van der Waals surface area contributed by atoms with Crippen LogP contribution < -0.4 is 21.1 Å². The van der Waals surface area contributed by atoms with Crippen molar-refractivity contribution in [2.24, 2.45) is 0 Å². The minimum atomic E-state index is -1.01. The highest BCUT2D eigenvalue weighted by atomic mass is 19.1. The molecule has 29 heavy (non-hydrogen) atoms. The molecule has 2 atom stereocenters. The summed E-state index contributed by atoms with van der Waals surface area (Å²) in [6, 6.07) is 5.65. The second-order valence-corrected chi connectivity index (χ2v) is 7.49. The first kappa shape index (κ1) is 19.1. The molecule has 2 aliphatic rings. The monoisotopic (exact) mass is 399 g/mol. The van der Waals surface area contributed by atoms with Crippen LogP contribution in [0.15, 0.2) is 29.1 Å². The Labute approximate surface area is 166 Å². The maximum absolute atomic E-state index is 13.4. The van der Waals surface area contributed by atoms with Crippen LogP contribution in [0.5, 0.6) is 0 Å². The van der Waals surface area contributed by atoms with Crippen molar-refractivity contribution in [2.75, 3.05) is 22.1 Å². The van der Waals surface area contributed by atoms with Crippen LogP contribution in [0.3, 0.4) is 0 Å². The van der Waals surface area contributed by atoms with Gasteiger partial charge in [-0.25, -0.2) is 4.39 Å². The largest absolute Gasteiger partial charge is 0.340 e. The van der Waals surface area contributed by atoms with Crippen molar-refractivity contribution in [2.45, 2.75) is 44.6 Å². The Morgan fingerprint density at radius 1 is 1.31 bits per heavy atom. The highest BCUT2D eigenvalue weighted by molar-refractivity contribution is 6.04. The van der Waals surface area contributed by atoms with Crippen LogP contribution in [0, 0.1) is 5.82 Å². The molecule has 0 unspecified atom stereocenters. The highest BCUT2D eigenvalue weighted by Crippen LogP contribution is 2.31. The topological polar surface area (TPSA) is 107 Å². The molecule has 152 valence electrons. The Hall–Kier alpha value is -3.23. The van der Waals surface area contributed by atoms with E-state index in [0.29, 0.717) is 5.95 Å². The number of halogens is 1. The van der Waals surface area contributed by atoms with Gasteiger partial charge < -0.3 is 15.5 Å². The summed E-state index contributed by atoms with van der Waals surface area (Å²) in [6.07, 6.45) is 2.92. The number of nitrogens with zero attached hydrogens (tertiary/aromatic N) is 2. The molecule has 1 aromatic carbocycles. The molecule has 0 radical (unpaired) electrons. The van der Waals surface area contributed by atoms with E-state index in [2.05, 4.69) is 27.5 Å². The number of aromatic nitrogens is 2. The molecular weight excluding hydrogens is 377 g/mol. The lowest BCUT2D eigenvalue weighted by molar-refractivity contribution is -0.123. The zero-order valence-electron chi connectivity index (χ0n) is 16.0. The van der Waals surface area contributed by atoms with Crippen molar-refractivity contribution in [1.82, 2.24) is 9.97 Å². The number of anilines is 3. The maximum Gasteiger partial charge on any atom is 0.258 e. The Morgan fingerprint density at radius 2 is 2.14 bits per heavy atom. The van der Waals surface area contributed by atoms with Gasteiger partial charge >= 0.3 is 0 Å². The fraction of sp³-hybridized carbons (Fsp3) is 0.400. The molecule has 2 amide bonds. The molecule has 0 bridgehead atoms. The van der Waals surface area contributed by atoms with E-state index in [-0.39, 0.29) is 29.5 Å². The molecular formula is C20H22FN5O3. The summed E-state index contributed by atoms with van der Waals surface area (Å²) in [5.74, 6) is -1.95. The predicted octanol–water partition coefficient (Wildman–Crippen LogP) is 2.35. The quantitative estimate of drug-likeness (QED) is 0.734. The van der Waals surface area contributed by atoms with Crippen LogP contribution in [0.2, 0.25) is 0 Å². The van der Waals surface area contributed by atoms with Crippen LogP contribution in [-0.2, 0) is 9.59 Å². The molecule has 0 saturated carbocycles. The first-order valence-electron chi connectivity index (χ1n) is 9.69. The van der Waals surface area contributed by atoms with Gasteiger partial charge in [-0.15, -0.1) is 0 Å². The smallest absolute Gasteiger partial charge is 0.258 e. The van der Waals surface area contributed by atoms with E-state index in [4.69, 9.17) is 0 Å².